The summed E-state index contributed by atoms with van der Waals surface area (Å²) in [6.07, 6.45) is 5.06. The van der Waals surface area contributed by atoms with Gasteiger partial charge in [0, 0.05) is 25.1 Å². The Balaban J connectivity index is 1.74. The second-order valence-corrected chi connectivity index (χ2v) is 5.04. The fourth-order valence-corrected chi connectivity index (χ4v) is 2.70. The molecule has 1 aromatic heterocycles. The number of carboxylic acid groups (broad SMARTS) is 1. The zero-order chi connectivity index (χ0) is 12.6. The molecule has 1 atom stereocenters. The van der Waals surface area contributed by atoms with Crippen LogP contribution < -0.4 is 4.90 Å². The molecule has 1 unspecified atom stereocenters. The third kappa shape index (κ3) is 1.92. The zero-order valence-electron chi connectivity index (χ0n) is 10.0. The summed E-state index contributed by atoms with van der Waals surface area (Å²) in [5, 5.41) is 8.78. The van der Waals surface area contributed by atoms with Gasteiger partial charge in [0.15, 0.2) is 5.69 Å². The van der Waals surface area contributed by atoms with Crippen LogP contribution in [0.5, 0.6) is 0 Å². The highest BCUT2D eigenvalue weighted by Gasteiger charge is 2.41. The Hall–Kier alpha value is -1.69. The molecule has 0 aliphatic carbocycles. The van der Waals surface area contributed by atoms with Crippen LogP contribution in [0.3, 0.4) is 0 Å². The molecule has 2 aliphatic heterocycles. The first-order valence-corrected chi connectivity index (χ1v) is 6.07. The van der Waals surface area contributed by atoms with Crippen LogP contribution >= 0.6 is 0 Å². The minimum Gasteiger partial charge on any atom is -0.476 e. The second kappa shape index (κ2) is 4.20. The maximum atomic E-state index is 10.7. The molecule has 0 aromatic carbocycles. The molecule has 6 nitrogen and oxygen atoms in total. The predicted molar refractivity (Wildman–Crippen MR) is 63.7 cm³/mol. The van der Waals surface area contributed by atoms with Crippen LogP contribution in [-0.2, 0) is 4.74 Å². The van der Waals surface area contributed by atoms with Gasteiger partial charge < -0.3 is 14.7 Å². The highest BCUT2D eigenvalue weighted by atomic mass is 16.5. The Morgan fingerprint density at radius 1 is 1.39 bits per heavy atom. The van der Waals surface area contributed by atoms with Gasteiger partial charge in [0.05, 0.1) is 19.0 Å². The van der Waals surface area contributed by atoms with Gasteiger partial charge in [0.25, 0.3) is 0 Å². The molecule has 0 amide bonds. The Bertz CT molecular complexity index is 454. The fourth-order valence-electron chi connectivity index (χ4n) is 2.70. The molecular formula is C12H15N3O3. The number of rotatable bonds is 2. The number of hydrogen-bond acceptors (Lipinski definition) is 5. The summed E-state index contributed by atoms with van der Waals surface area (Å²) in [5.74, 6) is -0.292. The van der Waals surface area contributed by atoms with E-state index in [1.54, 1.807) is 0 Å². The van der Waals surface area contributed by atoms with E-state index in [0.717, 1.165) is 45.0 Å². The van der Waals surface area contributed by atoms with Gasteiger partial charge in [-0.25, -0.2) is 14.8 Å². The maximum Gasteiger partial charge on any atom is 0.356 e. The van der Waals surface area contributed by atoms with Crippen molar-refractivity contribution in [2.24, 2.45) is 5.41 Å². The van der Waals surface area contributed by atoms with E-state index in [1.807, 2.05) is 0 Å². The smallest absolute Gasteiger partial charge is 0.356 e. The summed E-state index contributed by atoms with van der Waals surface area (Å²) < 4.78 is 5.48. The normalized spacial score (nSPS) is 27.0. The van der Waals surface area contributed by atoms with Crippen molar-refractivity contribution in [3.63, 3.8) is 0 Å². The van der Waals surface area contributed by atoms with E-state index in [-0.39, 0.29) is 11.1 Å². The first-order valence-electron chi connectivity index (χ1n) is 6.07. The molecule has 2 fully saturated rings. The topological polar surface area (TPSA) is 75.5 Å². The van der Waals surface area contributed by atoms with Crippen LogP contribution in [0.1, 0.15) is 23.3 Å². The summed E-state index contributed by atoms with van der Waals surface area (Å²) in [4.78, 5) is 20.9. The molecule has 2 aliphatic rings. The molecule has 0 radical (unpaired) electrons. The van der Waals surface area contributed by atoms with Crippen molar-refractivity contribution in [3.8, 4) is 0 Å². The lowest BCUT2D eigenvalue weighted by Crippen LogP contribution is -2.28. The van der Waals surface area contributed by atoms with Gasteiger partial charge in [-0.05, 0) is 12.8 Å². The van der Waals surface area contributed by atoms with Crippen molar-refractivity contribution >= 4 is 11.8 Å². The summed E-state index contributed by atoms with van der Waals surface area (Å²) in [5.41, 5.74) is 0.254. The Labute approximate surface area is 105 Å². The lowest BCUT2D eigenvalue weighted by atomic mass is 9.87. The maximum absolute atomic E-state index is 10.7. The molecule has 3 rings (SSSR count). The van der Waals surface area contributed by atoms with Crippen molar-refractivity contribution < 1.29 is 14.6 Å². The van der Waals surface area contributed by atoms with E-state index >= 15 is 0 Å². The average Bonchev–Trinajstić information content (AvgIpc) is 3.01. The van der Waals surface area contributed by atoms with E-state index in [4.69, 9.17) is 9.84 Å². The number of aromatic carboxylic acids is 1. The van der Waals surface area contributed by atoms with Crippen molar-refractivity contribution in [3.05, 3.63) is 18.1 Å². The van der Waals surface area contributed by atoms with Gasteiger partial charge in [0.1, 0.15) is 5.82 Å². The molecule has 2 saturated heterocycles. The van der Waals surface area contributed by atoms with Gasteiger partial charge in [-0.3, -0.25) is 0 Å². The molecule has 0 bridgehead atoms. The minimum absolute atomic E-state index is 0.0168. The molecular weight excluding hydrogens is 234 g/mol. The van der Waals surface area contributed by atoms with Gasteiger partial charge in [-0.1, -0.05) is 0 Å². The molecule has 1 N–H and O–H groups in total. The number of aromatic nitrogens is 2. The van der Waals surface area contributed by atoms with Gasteiger partial charge in [0.2, 0.25) is 0 Å². The summed E-state index contributed by atoms with van der Waals surface area (Å²) in [6, 6.07) is 0. The molecule has 3 heterocycles. The van der Waals surface area contributed by atoms with Crippen LogP contribution in [0.4, 0.5) is 5.82 Å². The van der Waals surface area contributed by atoms with Crippen LogP contribution in [0, 0.1) is 5.41 Å². The molecule has 18 heavy (non-hydrogen) atoms. The highest BCUT2D eigenvalue weighted by Crippen LogP contribution is 2.39. The number of nitrogens with zero attached hydrogens (tertiary/aromatic N) is 3. The first-order chi connectivity index (χ1) is 8.69. The van der Waals surface area contributed by atoms with Crippen molar-refractivity contribution in [2.45, 2.75) is 12.8 Å². The van der Waals surface area contributed by atoms with E-state index in [9.17, 15) is 4.79 Å². The minimum atomic E-state index is -1.05. The van der Waals surface area contributed by atoms with E-state index in [0.29, 0.717) is 0 Å². The van der Waals surface area contributed by atoms with E-state index in [1.165, 1.54) is 12.4 Å². The Kier molecular flexibility index (Phi) is 2.66. The van der Waals surface area contributed by atoms with Gasteiger partial charge >= 0.3 is 5.97 Å². The number of carboxylic acids is 1. The molecule has 0 saturated carbocycles. The summed E-state index contributed by atoms with van der Waals surface area (Å²) in [6.45, 7) is 3.53. The molecule has 1 spiro atoms. The van der Waals surface area contributed by atoms with Crippen molar-refractivity contribution in [1.82, 2.24) is 9.97 Å². The quantitative estimate of drug-likeness (QED) is 0.835. The van der Waals surface area contributed by atoms with Gasteiger partial charge in [-0.15, -0.1) is 0 Å². The molecule has 96 valence electrons. The summed E-state index contributed by atoms with van der Waals surface area (Å²) >= 11 is 0. The number of hydrogen-bond donors (Lipinski definition) is 1. The van der Waals surface area contributed by atoms with Crippen molar-refractivity contribution in [1.29, 1.82) is 0 Å². The Morgan fingerprint density at radius 2 is 2.28 bits per heavy atom. The first kappa shape index (κ1) is 11.4. The van der Waals surface area contributed by atoms with Crippen molar-refractivity contribution in [2.75, 3.05) is 31.2 Å². The number of ether oxygens (including phenoxy) is 1. The second-order valence-electron chi connectivity index (χ2n) is 5.04. The average molecular weight is 249 g/mol. The molecule has 1 aromatic rings. The van der Waals surface area contributed by atoms with Crippen LogP contribution in [0.15, 0.2) is 12.4 Å². The fraction of sp³-hybridized carbons (Fsp3) is 0.583. The zero-order valence-corrected chi connectivity index (χ0v) is 10.0. The predicted octanol–water partition coefficient (Wildman–Crippen LogP) is 0.792. The van der Waals surface area contributed by atoms with Gasteiger partial charge in [-0.2, -0.15) is 0 Å². The third-order valence-electron chi connectivity index (χ3n) is 3.80. The van der Waals surface area contributed by atoms with Crippen LogP contribution in [0.2, 0.25) is 0 Å². The molecule has 6 heteroatoms. The van der Waals surface area contributed by atoms with E-state index in [2.05, 4.69) is 14.9 Å². The van der Waals surface area contributed by atoms with Crippen LogP contribution in [0.25, 0.3) is 0 Å². The number of carbonyl (C=O) groups is 1. The number of anilines is 1. The van der Waals surface area contributed by atoms with Crippen LogP contribution in [-0.4, -0.2) is 47.3 Å². The highest BCUT2D eigenvalue weighted by molar-refractivity contribution is 5.84. The lowest BCUT2D eigenvalue weighted by molar-refractivity contribution is 0.0690. The lowest BCUT2D eigenvalue weighted by Gasteiger charge is -2.22. The standard InChI is InChI=1S/C12H15N3O3/c16-11(17)9-5-14-10(6-13-9)15-3-1-12(7-15)2-4-18-8-12/h5-6H,1-4,7-8H2,(H,16,17). The van der Waals surface area contributed by atoms with E-state index < -0.39 is 5.97 Å². The third-order valence-corrected chi connectivity index (χ3v) is 3.80. The SMILES string of the molecule is O=C(O)c1cnc(N2CCC3(CCOC3)C2)cn1. The monoisotopic (exact) mass is 249 g/mol. The largest absolute Gasteiger partial charge is 0.476 e. The summed E-state index contributed by atoms with van der Waals surface area (Å²) in [7, 11) is 0. The Morgan fingerprint density at radius 3 is 2.89 bits per heavy atom.